The van der Waals surface area contributed by atoms with E-state index in [1.54, 1.807) is 13.0 Å². The molecule has 2 aromatic carbocycles. The zero-order chi connectivity index (χ0) is 18.7. The highest BCUT2D eigenvalue weighted by Crippen LogP contribution is 2.34. The van der Waals surface area contributed by atoms with Crippen molar-refractivity contribution in [3.8, 4) is 0 Å². The highest BCUT2D eigenvalue weighted by Gasteiger charge is 2.33. The van der Waals surface area contributed by atoms with E-state index < -0.39 is 17.8 Å². The standard InChI is InChI=1S/C19H16ClFN2O2S/c1-11-15(18(24)25-10-12-6-3-2-4-7-12)17(23-19(26)22-11)16-13(20)8-5-9-14(16)21/h2-9,17H,10H2,1H3,(H2,22,23,26). The Morgan fingerprint density at radius 1 is 1.23 bits per heavy atom. The Hall–Kier alpha value is -2.44. The van der Waals surface area contributed by atoms with E-state index >= 15 is 0 Å². The second-order valence-corrected chi connectivity index (χ2v) is 6.58. The molecule has 0 saturated heterocycles. The summed E-state index contributed by atoms with van der Waals surface area (Å²) in [5, 5.41) is 6.28. The molecule has 1 heterocycles. The van der Waals surface area contributed by atoms with E-state index in [9.17, 15) is 9.18 Å². The maximum Gasteiger partial charge on any atom is 0.338 e. The van der Waals surface area contributed by atoms with Gasteiger partial charge >= 0.3 is 5.97 Å². The predicted molar refractivity (Wildman–Crippen MR) is 102 cm³/mol. The van der Waals surface area contributed by atoms with Crippen molar-refractivity contribution in [3.05, 3.63) is 81.8 Å². The van der Waals surface area contributed by atoms with Gasteiger partial charge < -0.3 is 15.4 Å². The summed E-state index contributed by atoms with van der Waals surface area (Å²) in [5.74, 6) is -1.10. The van der Waals surface area contributed by atoms with Crippen LogP contribution in [-0.2, 0) is 16.1 Å². The molecule has 1 aliphatic heterocycles. The first-order chi connectivity index (χ1) is 12.5. The number of rotatable bonds is 4. The average Bonchev–Trinajstić information content (AvgIpc) is 2.60. The molecule has 26 heavy (non-hydrogen) atoms. The zero-order valence-electron chi connectivity index (χ0n) is 13.9. The van der Waals surface area contributed by atoms with Crippen LogP contribution < -0.4 is 10.6 Å². The lowest BCUT2D eigenvalue weighted by atomic mass is 9.95. The second kappa shape index (κ2) is 7.85. The number of allylic oxidation sites excluding steroid dienone is 1. The lowest BCUT2D eigenvalue weighted by Crippen LogP contribution is -2.45. The van der Waals surface area contributed by atoms with Gasteiger partial charge in [0, 0.05) is 16.3 Å². The molecule has 1 atom stereocenters. The number of hydrogen-bond donors (Lipinski definition) is 2. The second-order valence-electron chi connectivity index (χ2n) is 5.77. The monoisotopic (exact) mass is 390 g/mol. The summed E-state index contributed by atoms with van der Waals surface area (Å²) in [7, 11) is 0. The number of nitrogens with one attached hydrogen (secondary N) is 2. The molecule has 0 bridgehead atoms. The largest absolute Gasteiger partial charge is 0.457 e. The molecular weight excluding hydrogens is 375 g/mol. The van der Waals surface area contributed by atoms with Crippen LogP contribution in [-0.4, -0.2) is 11.1 Å². The van der Waals surface area contributed by atoms with Gasteiger partial charge in [0.05, 0.1) is 11.6 Å². The van der Waals surface area contributed by atoms with Gasteiger partial charge in [0.1, 0.15) is 12.4 Å². The Balaban J connectivity index is 1.92. The Morgan fingerprint density at radius 3 is 2.65 bits per heavy atom. The minimum Gasteiger partial charge on any atom is -0.457 e. The van der Waals surface area contributed by atoms with Crippen LogP contribution in [0.3, 0.4) is 0 Å². The van der Waals surface area contributed by atoms with E-state index in [1.165, 1.54) is 12.1 Å². The summed E-state index contributed by atoms with van der Waals surface area (Å²) in [6.45, 7) is 1.80. The molecule has 3 rings (SSSR count). The number of carbonyl (C=O) groups excluding carboxylic acids is 1. The minimum atomic E-state index is -0.833. The van der Waals surface area contributed by atoms with Crippen molar-refractivity contribution < 1.29 is 13.9 Å². The third-order valence-electron chi connectivity index (χ3n) is 3.99. The van der Waals surface area contributed by atoms with Gasteiger partial charge in [-0.15, -0.1) is 0 Å². The summed E-state index contributed by atoms with van der Waals surface area (Å²) in [6, 6.07) is 12.8. The first-order valence-corrected chi connectivity index (χ1v) is 8.69. The van der Waals surface area contributed by atoms with Gasteiger partial charge in [-0.3, -0.25) is 0 Å². The lowest BCUT2D eigenvalue weighted by Gasteiger charge is -2.30. The number of hydrogen-bond acceptors (Lipinski definition) is 3. The van der Waals surface area contributed by atoms with Gasteiger partial charge in [-0.2, -0.15) is 0 Å². The van der Waals surface area contributed by atoms with Crippen LogP contribution in [0.5, 0.6) is 0 Å². The maximum absolute atomic E-state index is 14.4. The van der Waals surface area contributed by atoms with Gasteiger partial charge in [-0.1, -0.05) is 48.0 Å². The Kier molecular flexibility index (Phi) is 5.54. The quantitative estimate of drug-likeness (QED) is 0.610. The first-order valence-electron chi connectivity index (χ1n) is 7.90. The van der Waals surface area contributed by atoms with Crippen LogP contribution in [0.1, 0.15) is 24.1 Å². The third-order valence-corrected chi connectivity index (χ3v) is 4.54. The molecule has 1 unspecified atom stereocenters. The molecule has 7 heteroatoms. The van der Waals surface area contributed by atoms with E-state index in [0.717, 1.165) is 5.56 Å². The van der Waals surface area contributed by atoms with Crippen molar-refractivity contribution in [1.82, 2.24) is 10.6 Å². The highest BCUT2D eigenvalue weighted by molar-refractivity contribution is 7.80. The van der Waals surface area contributed by atoms with Crippen molar-refractivity contribution in [2.75, 3.05) is 0 Å². The molecule has 4 nitrogen and oxygen atoms in total. The normalized spacial score (nSPS) is 16.7. The van der Waals surface area contributed by atoms with E-state index in [0.29, 0.717) is 5.70 Å². The Bertz CT molecular complexity index is 866. The van der Waals surface area contributed by atoms with Crippen LogP contribution >= 0.6 is 23.8 Å². The van der Waals surface area contributed by atoms with Gasteiger partial charge in [0.25, 0.3) is 0 Å². The van der Waals surface area contributed by atoms with Crippen LogP contribution in [0.15, 0.2) is 59.8 Å². The number of benzene rings is 2. The first kappa shape index (κ1) is 18.4. The predicted octanol–water partition coefficient (Wildman–Crippen LogP) is 4.02. The van der Waals surface area contributed by atoms with Gasteiger partial charge in [0.2, 0.25) is 0 Å². The number of carbonyl (C=O) groups is 1. The lowest BCUT2D eigenvalue weighted by molar-refractivity contribution is -0.140. The molecule has 1 aliphatic rings. The van der Waals surface area contributed by atoms with Crippen LogP contribution in [0.4, 0.5) is 4.39 Å². The van der Waals surface area contributed by atoms with Gasteiger partial charge in [-0.25, -0.2) is 9.18 Å². The van der Waals surface area contributed by atoms with Crippen LogP contribution in [0.2, 0.25) is 5.02 Å². The SMILES string of the molecule is CC1=C(C(=O)OCc2ccccc2)C(c2c(F)cccc2Cl)NC(=S)N1. The molecule has 2 N–H and O–H groups in total. The topological polar surface area (TPSA) is 50.4 Å². The van der Waals surface area contributed by atoms with Crippen molar-refractivity contribution in [1.29, 1.82) is 0 Å². The van der Waals surface area contributed by atoms with Gasteiger partial charge in [-0.05, 0) is 36.8 Å². The molecule has 0 aromatic heterocycles. The van der Waals surface area contributed by atoms with Crippen molar-refractivity contribution >= 4 is 34.9 Å². The number of ether oxygens (including phenoxy) is 1. The molecule has 2 aromatic rings. The molecule has 134 valence electrons. The fourth-order valence-corrected chi connectivity index (χ4v) is 3.31. The Morgan fingerprint density at radius 2 is 1.96 bits per heavy atom. The number of thiocarbonyl (C=S) groups is 1. The highest BCUT2D eigenvalue weighted by atomic mass is 35.5. The van der Waals surface area contributed by atoms with Crippen LogP contribution in [0, 0.1) is 5.82 Å². The smallest absolute Gasteiger partial charge is 0.338 e. The van der Waals surface area contributed by atoms with E-state index in [1.807, 2.05) is 30.3 Å². The molecular formula is C19H16ClFN2O2S. The van der Waals surface area contributed by atoms with Crippen LogP contribution in [0.25, 0.3) is 0 Å². The van der Waals surface area contributed by atoms with Crippen molar-refractivity contribution in [3.63, 3.8) is 0 Å². The third kappa shape index (κ3) is 3.86. The molecule has 0 radical (unpaired) electrons. The Labute approximate surface area is 161 Å². The fraction of sp³-hybridized carbons (Fsp3) is 0.158. The molecule has 0 fully saturated rings. The van der Waals surface area contributed by atoms with Gasteiger partial charge in [0.15, 0.2) is 5.11 Å². The van der Waals surface area contributed by atoms with E-state index in [4.69, 9.17) is 28.6 Å². The summed E-state index contributed by atoms with van der Waals surface area (Å²) in [6.07, 6.45) is 0. The molecule has 0 spiro atoms. The minimum absolute atomic E-state index is 0.110. The number of esters is 1. The average molecular weight is 391 g/mol. The van der Waals surface area contributed by atoms with E-state index in [2.05, 4.69) is 10.6 Å². The van der Waals surface area contributed by atoms with Crippen molar-refractivity contribution in [2.45, 2.75) is 19.6 Å². The summed E-state index contributed by atoms with van der Waals surface area (Å²) in [4.78, 5) is 12.7. The molecule has 0 amide bonds. The summed E-state index contributed by atoms with van der Waals surface area (Å²) >= 11 is 11.3. The number of halogens is 2. The maximum atomic E-state index is 14.4. The molecule has 0 aliphatic carbocycles. The summed E-state index contributed by atoms with van der Waals surface area (Å²) < 4.78 is 19.8. The molecule has 0 saturated carbocycles. The van der Waals surface area contributed by atoms with E-state index in [-0.39, 0.29) is 27.9 Å². The zero-order valence-corrected chi connectivity index (χ0v) is 15.5. The summed E-state index contributed by atoms with van der Waals surface area (Å²) in [5.41, 5.74) is 1.74. The fourth-order valence-electron chi connectivity index (χ4n) is 2.77. The van der Waals surface area contributed by atoms with Crippen molar-refractivity contribution in [2.24, 2.45) is 0 Å².